The molecule has 1 aliphatic rings. The number of nitrogens with zero attached hydrogens (tertiary/aromatic N) is 1. The second-order valence-electron chi connectivity index (χ2n) is 5.67. The van der Waals surface area contributed by atoms with Crippen LogP contribution in [0.5, 0.6) is 0 Å². The lowest BCUT2D eigenvalue weighted by Gasteiger charge is -2.17. The van der Waals surface area contributed by atoms with Gasteiger partial charge in [-0.25, -0.2) is 0 Å². The zero-order valence-electron chi connectivity index (χ0n) is 13.0. The van der Waals surface area contributed by atoms with Crippen LogP contribution in [-0.4, -0.2) is 25.6 Å². The largest absolute Gasteiger partial charge is 0.356 e. The molecule has 0 amide bonds. The van der Waals surface area contributed by atoms with Crippen LogP contribution in [0.4, 0.5) is 0 Å². The molecule has 114 valence electrons. The second-order valence-corrected chi connectivity index (χ2v) is 5.67. The molecule has 0 radical (unpaired) electrons. The summed E-state index contributed by atoms with van der Waals surface area (Å²) in [4.78, 5) is 4.31. The molecule has 0 aliphatic heterocycles. The minimum atomic E-state index is 0.490. The van der Waals surface area contributed by atoms with Crippen LogP contribution in [-0.2, 0) is 6.42 Å². The first-order valence-electron chi connectivity index (χ1n) is 7.95. The summed E-state index contributed by atoms with van der Waals surface area (Å²) >= 11 is 0. The molecule has 0 heterocycles. The summed E-state index contributed by atoms with van der Waals surface area (Å²) in [6.45, 7) is 0.883. The molecule has 0 saturated heterocycles. The molecular formula is C19H23N3. The van der Waals surface area contributed by atoms with Gasteiger partial charge in [0.15, 0.2) is 5.96 Å². The lowest BCUT2D eigenvalue weighted by molar-refractivity contribution is 0.633. The Hall–Kier alpha value is -2.29. The zero-order chi connectivity index (χ0) is 15.2. The van der Waals surface area contributed by atoms with Crippen molar-refractivity contribution in [3.8, 4) is 0 Å². The maximum absolute atomic E-state index is 4.31. The quantitative estimate of drug-likeness (QED) is 0.516. The third-order valence-electron chi connectivity index (χ3n) is 4.14. The van der Waals surface area contributed by atoms with E-state index in [9.17, 15) is 0 Å². The maximum Gasteiger partial charge on any atom is 0.191 e. The van der Waals surface area contributed by atoms with Gasteiger partial charge in [0.25, 0.3) is 0 Å². The van der Waals surface area contributed by atoms with Gasteiger partial charge >= 0.3 is 0 Å². The zero-order valence-corrected chi connectivity index (χ0v) is 13.0. The van der Waals surface area contributed by atoms with Gasteiger partial charge in [-0.1, -0.05) is 54.6 Å². The summed E-state index contributed by atoms with van der Waals surface area (Å²) < 4.78 is 0. The van der Waals surface area contributed by atoms with Gasteiger partial charge in [-0.05, 0) is 35.6 Å². The molecule has 2 N–H and O–H groups in total. The molecule has 3 nitrogen and oxygen atoms in total. The molecule has 0 saturated carbocycles. The predicted molar refractivity (Wildman–Crippen MR) is 94.3 cm³/mol. The first kappa shape index (κ1) is 14.6. The average molecular weight is 293 g/mol. The van der Waals surface area contributed by atoms with Crippen LogP contribution in [0.3, 0.4) is 0 Å². The van der Waals surface area contributed by atoms with Crippen molar-refractivity contribution in [1.82, 2.24) is 10.6 Å². The summed E-state index contributed by atoms with van der Waals surface area (Å²) in [6, 6.07) is 15.6. The van der Waals surface area contributed by atoms with Crippen LogP contribution in [0.15, 0.2) is 59.6 Å². The lowest BCUT2D eigenvalue weighted by Crippen LogP contribution is -2.43. The number of hydrogen-bond donors (Lipinski definition) is 2. The summed E-state index contributed by atoms with van der Waals surface area (Å²) in [5.74, 6) is 0.897. The van der Waals surface area contributed by atoms with E-state index in [1.54, 1.807) is 0 Å². The number of guanidine groups is 1. The van der Waals surface area contributed by atoms with E-state index in [4.69, 9.17) is 0 Å². The van der Waals surface area contributed by atoms with Crippen molar-refractivity contribution in [2.24, 2.45) is 4.99 Å². The first-order valence-corrected chi connectivity index (χ1v) is 7.95. The highest BCUT2D eigenvalue weighted by Crippen LogP contribution is 2.18. The Bertz CT molecular complexity index is 675. The van der Waals surface area contributed by atoms with Crippen molar-refractivity contribution in [3.63, 3.8) is 0 Å². The molecule has 3 heteroatoms. The highest BCUT2D eigenvalue weighted by atomic mass is 15.2. The van der Waals surface area contributed by atoms with E-state index in [2.05, 4.69) is 70.2 Å². The molecule has 0 atom stereocenters. The molecule has 0 bridgehead atoms. The maximum atomic E-state index is 4.31. The third kappa shape index (κ3) is 3.48. The number of hydrogen-bond acceptors (Lipinski definition) is 1. The summed E-state index contributed by atoms with van der Waals surface area (Å²) in [6.07, 6.45) is 7.61. The van der Waals surface area contributed by atoms with Crippen LogP contribution < -0.4 is 10.6 Å². The van der Waals surface area contributed by atoms with E-state index in [0.29, 0.717) is 6.04 Å². The molecule has 22 heavy (non-hydrogen) atoms. The summed E-state index contributed by atoms with van der Waals surface area (Å²) in [5.41, 5.74) is 1.38. The van der Waals surface area contributed by atoms with Gasteiger partial charge < -0.3 is 10.6 Å². The number of fused-ring (bicyclic) bond motifs is 1. The Kier molecular flexibility index (Phi) is 4.74. The van der Waals surface area contributed by atoms with Crippen molar-refractivity contribution in [2.45, 2.75) is 25.3 Å². The van der Waals surface area contributed by atoms with E-state index in [1.807, 2.05) is 7.05 Å². The number of rotatable bonds is 4. The fraction of sp³-hybridized carbons (Fsp3) is 0.316. The van der Waals surface area contributed by atoms with Crippen LogP contribution in [0.2, 0.25) is 0 Å². The Balaban J connectivity index is 1.57. The van der Waals surface area contributed by atoms with Gasteiger partial charge in [0.05, 0.1) is 0 Å². The molecule has 2 aromatic carbocycles. The molecule has 0 unspecified atom stereocenters. The van der Waals surface area contributed by atoms with Crippen LogP contribution in [0, 0.1) is 0 Å². The monoisotopic (exact) mass is 293 g/mol. The molecule has 0 spiro atoms. The highest BCUT2D eigenvalue weighted by Gasteiger charge is 2.11. The minimum Gasteiger partial charge on any atom is -0.356 e. The number of nitrogens with one attached hydrogen (secondary N) is 2. The summed E-state index contributed by atoms with van der Waals surface area (Å²) in [7, 11) is 1.83. The van der Waals surface area contributed by atoms with Gasteiger partial charge in [0.1, 0.15) is 0 Å². The third-order valence-corrected chi connectivity index (χ3v) is 4.14. The molecule has 0 fully saturated rings. The van der Waals surface area contributed by atoms with Crippen molar-refractivity contribution >= 4 is 16.7 Å². The smallest absolute Gasteiger partial charge is 0.191 e. The van der Waals surface area contributed by atoms with Gasteiger partial charge in [-0.3, -0.25) is 4.99 Å². The fourth-order valence-corrected chi connectivity index (χ4v) is 2.95. The molecule has 2 aromatic rings. The fourth-order valence-electron chi connectivity index (χ4n) is 2.95. The minimum absolute atomic E-state index is 0.490. The van der Waals surface area contributed by atoms with Gasteiger partial charge in [-0.2, -0.15) is 0 Å². The van der Waals surface area contributed by atoms with Crippen molar-refractivity contribution in [2.75, 3.05) is 13.6 Å². The first-order chi connectivity index (χ1) is 10.9. The molecular weight excluding hydrogens is 270 g/mol. The molecule has 1 aliphatic carbocycles. The Morgan fingerprint density at radius 3 is 2.68 bits per heavy atom. The Labute approximate surface area is 132 Å². The van der Waals surface area contributed by atoms with Crippen LogP contribution in [0.1, 0.15) is 18.4 Å². The number of aliphatic imine (C=N–C) groups is 1. The lowest BCUT2D eigenvalue weighted by atomic mass is 10.0. The molecule has 3 rings (SSSR count). The van der Waals surface area contributed by atoms with Crippen molar-refractivity contribution in [1.29, 1.82) is 0 Å². The average Bonchev–Trinajstić information content (AvgIpc) is 3.07. The van der Waals surface area contributed by atoms with Crippen molar-refractivity contribution < 1.29 is 0 Å². The topological polar surface area (TPSA) is 36.4 Å². The van der Waals surface area contributed by atoms with E-state index in [-0.39, 0.29) is 0 Å². The van der Waals surface area contributed by atoms with Crippen LogP contribution >= 0.6 is 0 Å². The predicted octanol–water partition coefficient (Wildman–Crippen LogP) is 3.27. The van der Waals surface area contributed by atoms with E-state index in [0.717, 1.165) is 31.8 Å². The standard InChI is InChI=1S/C19H23N3/c1-20-19(22-17-10-3-4-11-17)21-14-13-16-9-6-8-15-7-2-5-12-18(15)16/h2-9,12,17H,10-11,13-14H2,1H3,(H2,20,21,22). The summed E-state index contributed by atoms with van der Waals surface area (Å²) in [5, 5.41) is 9.53. The van der Waals surface area contributed by atoms with E-state index >= 15 is 0 Å². The Morgan fingerprint density at radius 1 is 1.09 bits per heavy atom. The highest BCUT2D eigenvalue weighted by molar-refractivity contribution is 5.85. The van der Waals surface area contributed by atoms with Gasteiger partial charge in [0.2, 0.25) is 0 Å². The number of benzene rings is 2. The van der Waals surface area contributed by atoms with Gasteiger partial charge in [-0.15, -0.1) is 0 Å². The SMILES string of the molecule is CN=C(NCCc1cccc2ccccc12)NC1CC=CC1. The van der Waals surface area contributed by atoms with Crippen LogP contribution in [0.25, 0.3) is 10.8 Å². The van der Waals surface area contributed by atoms with E-state index < -0.39 is 0 Å². The second kappa shape index (κ2) is 7.12. The normalized spacial score (nSPS) is 15.4. The van der Waals surface area contributed by atoms with E-state index in [1.165, 1.54) is 16.3 Å². The van der Waals surface area contributed by atoms with Gasteiger partial charge in [0, 0.05) is 19.6 Å². The molecule has 0 aromatic heterocycles. The Morgan fingerprint density at radius 2 is 1.86 bits per heavy atom. The van der Waals surface area contributed by atoms with Crippen molar-refractivity contribution in [3.05, 3.63) is 60.2 Å².